The molecule has 0 N–H and O–H groups in total. The number of halogens is 2. The molecule has 0 saturated carbocycles. The molecule has 6 heteroatoms. The molecule has 0 bridgehead atoms. The molecule has 2 rings (SSSR count). The van der Waals surface area contributed by atoms with Crippen LogP contribution in [-0.2, 0) is 20.1 Å². The van der Waals surface area contributed by atoms with Crippen molar-refractivity contribution in [1.29, 1.82) is 0 Å². The molecule has 0 heterocycles. The molecule has 0 saturated heterocycles. The third-order valence-electron chi connectivity index (χ3n) is 3.24. The summed E-state index contributed by atoms with van der Waals surface area (Å²) in [6, 6.07) is 13.4. The molecular formula is C17H14Br2O3S. The molecule has 0 spiro atoms. The number of carbonyl (C=O) groups excluding carboxylic acids is 2. The van der Waals surface area contributed by atoms with E-state index in [1.165, 1.54) is 7.11 Å². The zero-order valence-corrected chi connectivity index (χ0v) is 16.3. The smallest absolute Gasteiger partial charge is 0.320 e. The Balaban J connectivity index is 2.25. The Bertz CT molecular complexity index is 719. The number of aldehydes is 1. The lowest BCUT2D eigenvalue weighted by Crippen LogP contribution is -2.16. The summed E-state index contributed by atoms with van der Waals surface area (Å²) in [5.41, 5.74) is 1.80. The van der Waals surface area contributed by atoms with Gasteiger partial charge in [-0.1, -0.05) is 50.1 Å². The zero-order valence-electron chi connectivity index (χ0n) is 12.3. The largest absolute Gasteiger partial charge is 0.468 e. The van der Waals surface area contributed by atoms with Crippen molar-refractivity contribution >= 4 is 55.9 Å². The average Bonchev–Trinajstić information content (AvgIpc) is 2.57. The highest BCUT2D eigenvalue weighted by molar-refractivity contribution is 9.11. The lowest BCUT2D eigenvalue weighted by molar-refractivity contribution is -0.143. The van der Waals surface area contributed by atoms with E-state index in [4.69, 9.17) is 4.74 Å². The Morgan fingerprint density at radius 1 is 1.26 bits per heavy atom. The van der Waals surface area contributed by atoms with Gasteiger partial charge in [-0.2, -0.15) is 0 Å². The first-order valence-electron chi connectivity index (χ1n) is 6.75. The normalized spacial score (nSPS) is 11.8. The lowest BCUT2D eigenvalue weighted by atomic mass is 10.0. The Kier molecular flexibility index (Phi) is 6.87. The Hall–Kier alpha value is -1.11. The molecule has 2 aromatic carbocycles. The van der Waals surface area contributed by atoms with Crippen LogP contribution in [0, 0.1) is 0 Å². The molecule has 23 heavy (non-hydrogen) atoms. The van der Waals surface area contributed by atoms with E-state index in [9.17, 15) is 9.59 Å². The van der Waals surface area contributed by atoms with Gasteiger partial charge in [-0.25, -0.2) is 0 Å². The predicted octanol–water partition coefficient (Wildman–Crippen LogP) is 4.96. The van der Waals surface area contributed by atoms with Gasteiger partial charge in [0.2, 0.25) is 0 Å². The number of hydrogen-bond acceptors (Lipinski definition) is 4. The SMILES string of the molecule is COC(=O)C(C=O)c1ccccc1SCc1cc(Br)ccc1Br. The number of carbonyl (C=O) groups is 2. The van der Waals surface area contributed by atoms with E-state index in [0.29, 0.717) is 17.6 Å². The minimum atomic E-state index is -0.894. The molecule has 0 aliphatic heterocycles. The van der Waals surface area contributed by atoms with Gasteiger partial charge in [-0.15, -0.1) is 11.8 Å². The summed E-state index contributed by atoms with van der Waals surface area (Å²) in [5, 5.41) is 0. The van der Waals surface area contributed by atoms with Crippen LogP contribution in [0.1, 0.15) is 17.0 Å². The van der Waals surface area contributed by atoms with E-state index in [1.54, 1.807) is 17.8 Å². The number of hydrogen-bond donors (Lipinski definition) is 0. The van der Waals surface area contributed by atoms with Crippen LogP contribution in [0.25, 0.3) is 0 Å². The standard InChI is InChI=1S/C17H14Br2O3S/c1-22-17(21)14(9-20)13-4-2-3-5-16(13)23-10-11-8-12(18)6-7-15(11)19/h2-9,14H,10H2,1H3. The van der Waals surface area contributed by atoms with Gasteiger partial charge in [-0.3, -0.25) is 4.79 Å². The van der Waals surface area contributed by atoms with Crippen LogP contribution in [0.3, 0.4) is 0 Å². The number of thioether (sulfide) groups is 1. The summed E-state index contributed by atoms with van der Waals surface area (Å²) in [4.78, 5) is 24.0. The monoisotopic (exact) mass is 456 g/mol. The first kappa shape index (κ1) is 18.2. The highest BCUT2D eigenvalue weighted by Crippen LogP contribution is 2.33. The number of ether oxygens (including phenoxy) is 1. The van der Waals surface area contributed by atoms with Crippen molar-refractivity contribution in [3.63, 3.8) is 0 Å². The predicted molar refractivity (Wildman–Crippen MR) is 98.7 cm³/mol. The number of esters is 1. The Morgan fingerprint density at radius 2 is 2.00 bits per heavy atom. The summed E-state index contributed by atoms with van der Waals surface area (Å²) in [7, 11) is 1.28. The first-order chi connectivity index (χ1) is 11.1. The van der Waals surface area contributed by atoms with E-state index < -0.39 is 11.9 Å². The van der Waals surface area contributed by atoms with Crippen LogP contribution in [0.2, 0.25) is 0 Å². The van der Waals surface area contributed by atoms with Crippen LogP contribution in [0.5, 0.6) is 0 Å². The number of methoxy groups -OCH3 is 1. The fraction of sp³-hybridized carbons (Fsp3) is 0.176. The topological polar surface area (TPSA) is 43.4 Å². The van der Waals surface area contributed by atoms with Crippen LogP contribution in [-0.4, -0.2) is 19.4 Å². The van der Waals surface area contributed by atoms with Gasteiger partial charge in [0.25, 0.3) is 0 Å². The molecular weight excluding hydrogens is 444 g/mol. The molecule has 0 aromatic heterocycles. The average molecular weight is 458 g/mol. The molecule has 3 nitrogen and oxygen atoms in total. The zero-order chi connectivity index (χ0) is 16.8. The molecule has 0 amide bonds. The van der Waals surface area contributed by atoms with Crippen molar-refractivity contribution < 1.29 is 14.3 Å². The first-order valence-corrected chi connectivity index (χ1v) is 9.32. The molecule has 0 fully saturated rings. The fourth-order valence-corrected chi connectivity index (χ4v) is 4.13. The van der Waals surface area contributed by atoms with E-state index in [1.807, 2.05) is 36.4 Å². The van der Waals surface area contributed by atoms with Crippen molar-refractivity contribution in [3.05, 3.63) is 62.5 Å². The molecule has 0 aliphatic rings. The summed E-state index contributed by atoms with van der Waals surface area (Å²) < 4.78 is 6.74. The maximum atomic E-state index is 11.8. The van der Waals surface area contributed by atoms with E-state index in [-0.39, 0.29) is 0 Å². The fourth-order valence-electron chi connectivity index (χ4n) is 2.06. The van der Waals surface area contributed by atoms with Crippen LogP contribution in [0.4, 0.5) is 0 Å². The van der Waals surface area contributed by atoms with Crippen molar-refractivity contribution in [2.24, 2.45) is 0 Å². The Morgan fingerprint density at radius 3 is 2.70 bits per heavy atom. The van der Waals surface area contributed by atoms with Gasteiger partial charge in [0.05, 0.1) is 7.11 Å². The van der Waals surface area contributed by atoms with Crippen molar-refractivity contribution in [2.75, 3.05) is 7.11 Å². The molecule has 120 valence electrons. The van der Waals surface area contributed by atoms with Gasteiger partial charge in [0.1, 0.15) is 12.2 Å². The van der Waals surface area contributed by atoms with Gasteiger partial charge in [-0.05, 0) is 35.4 Å². The van der Waals surface area contributed by atoms with Crippen molar-refractivity contribution in [2.45, 2.75) is 16.6 Å². The van der Waals surface area contributed by atoms with Gasteiger partial charge in [0.15, 0.2) is 0 Å². The maximum Gasteiger partial charge on any atom is 0.320 e. The second kappa shape index (κ2) is 8.66. The summed E-state index contributed by atoms with van der Waals surface area (Å²) in [6.45, 7) is 0. The van der Waals surface area contributed by atoms with E-state index >= 15 is 0 Å². The molecule has 0 radical (unpaired) electrons. The van der Waals surface area contributed by atoms with Gasteiger partial charge < -0.3 is 9.53 Å². The van der Waals surface area contributed by atoms with Crippen LogP contribution >= 0.6 is 43.6 Å². The minimum Gasteiger partial charge on any atom is -0.468 e. The summed E-state index contributed by atoms with van der Waals surface area (Å²) in [5.74, 6) is -0.726. The van der Waals surface area contributed by atoms with Crippen LogP contribution in [0.15, 0.2) is 56.3 Å². The van der Waals surface area contributed by atoms with Crippen LogP contribution < -0.4 is 0 Å². The quantitative estimate of drug-likeness (QED) is 0.266. The number of rotatable bonds is 6. The molecule has 2 aromatic rings. The minimum absolute atomic E-state index is 0.545. The molecule has 1 atom stereocenters. The second-order valence-corrected chi connectivity index (χ2v) is 7.49. The Labute approximate surface area is 156 Å². The van der Waals surface area contributed by atoms with Crippen molar-refractivity contribution in [3.8, 4) is 0 Å². The molecule has 1 unspecified atom stereocenters. The third-order valence-corrected chi connectivity index (χ3v) is 5.64. The second-order valence-electron chi connectivity index (χ2n) is 4.70. The third kappa shape index (κ3) is 4.68. The van der Waals surface area contributed by atoms with Gasteiger partial charge >= 0.3 is 5.97 Å². The maximum absolute atomic E-state index is 11.8. The van der Waals surface area contributed by atoms with Gasteiger partial charge in [0, 0.05) is 19.6 Å². The number of benzene rings is 2. The lowest BCUT2D eigenvalue weighted by Gasteiger charge is -2.14. The molecule has 0 aliphatic carbocycles. The summed E-state index contributed by atoms with van der Waals surface area (Å²) in [6.07, 6.45) is 0.625. The van der Waals surface area contributed by atoms with E-state index in [0.717, 1.165) is 19.4 Å². The summed E-state index contributed by atoms with van der Waals surface area (Å²) >= 11 is 8.57. The van der Waals surface area contributed by atoms with E-state index in [2.05, 4.69) is 31.9 Å². The van der Waals surface area contributed by atoms with Crippen molar-refractivity contribution in [1.82, 2.24) is 0 Å². The highest BCUT2D eigenvalue weighted by Gasteiger charge is 2.23. The highest BCUT2D eigenvalue weighted by atomic mass is 79.9.